The zero-order valence-corrected chi connectivity index (χ0v) is 21.6. The van der Waals surface area contributed by atoms with Gasteiger partial charge in [0.1, 0.15) is 5.75 Å². The molecule has 0 saturated heterocycles. The van der Waals surface area contributed by atoms with Gasteiger partial charge in [-0.15, -0.1) is 11.8 Å². The molecule has 2 aromatic rings. The van der Waals surface area contributed by atoms with Crippen molar-refractivity contribution in [3.63, 3.8) is 0 Å². The Bertz CT molecular complexity index is 743. The Balaban J connectivity index is 0.00000113. The van der Waals surface area contributed by atoms with Crippen molar-refractivity contribution >= 4 is 20.1 Å². The van der Waals surface area contributed by atoms with Crippen LogP contribution in [0, 0.1) is 0 Å². The molecule has 2 unspecified atom stereocenters. The Hall–Kier alpha value is -1.10. The van der Waals surface area contributed by atoms with Gasteiger partial charge in [-0.3, -0.25) is 0 Å². The molecule has 174 valence electrons. The van der Waals surface area contributed by atoms with E-state index in [9.17, 15) is 9.79 Å². The number of unbranched alkanes of at least 4 members (excludes halogenated alkanes) is 1. The lowest BCUT2D eigenvalue weighted by molar-refractivity contribution is 0.406. The molecule has 2 aromatic carbocycles. The van der Waals surface area contributed by atoms with Crippen molar-refractivity contribution in [3.05, 3.63) is 59.2 Å². The van der Waals surface area contributed by atoms with Gasteiger partial charge >= 0.3 is 0 Å². The number of nitrogens with one attached hydrogen (secondary N) is 1. The third kappa shape index (κ3) is 8.40. The van der Waals surface area contributed by atoms with Gasteiger partial charge in [-0.25, -0.2) is 0 Å². The fourth-order valence-corrected chi connectivity index (χ4v) is 5.30. The summed E-state index contributed by atoms with van der Waals surface area (Å²) in [5.41, 5.74) is 3.30. The summed E-state index contributed by atoms with van der Waals surface area (Å²) in [6.45, 7) is 10.2. The molecule has 0 fully saturated rings. The van der Waals surface area contributed by atoms with Crippen LogP contribution >= 0.6 is 20.1 Å². The number of hydrogen-bond donors (Lipinski definition) is 3. The maximum absolute atomic E-state index is 9.50. The van der Waals surface area contributed by atoms with E-state index in [4.69, 9.17) is 4.74 Å². The van der Waals surface area contributed by atoms with Crippen LogP contribution < -0.4 is 10.1 Å². The predicted molar refractivity (Wildman–Crippen MR) is 136 cm³/mol. The van der Waals surface area contributed by atoms with Crippen LogP contribution in [-0.2, 0) is 6.16 Å². The van der Waals surface area contributed by atoms with E-state index in [-0.39, 0.29) is 12.2 Å². The first-order chi connectivity index (χ1) is 15.1. The second-order valence-electron chi connectivity index (χ2n) is 6.89. The van der Waals surface area contributed by atoms with Crippen molar-refractivity contribution in [1.82, 2.24) is 5.32 Å². The van der Waals surface area contributed by atoms with Crippen molar-refractivity contribution < 1.29 is 14.5 Å². The molecule has 0 amide bonds. The first kappa shape index (κ1) is 27.9. The average Bonchev–Trinajstić information content (AvgIpc) is 2.99. The van der Waals surface area contributed by atoms with Gasteiger partial charge in [-0.2, -0.15) is 0 Å². The monoisotopic (exact) mass is 465 g/mol. The summed E-state index contributed by atoms with van der Waals surface area (Å²) in [6.07, 6.45) is 3.79. The number of benzene rings is 2. The molecule has 4 nitrogen and oxygen atoms in total. The average molecular weight is 466 g/mol. The number of fused-ring (bicyclic) bond motifs is 1. The molecule has 1 aliphatic rings. The molecule has 0 spiro atoms. The Morgan fingerprint density at radius 2 is 1.77 bits per heavy atom. The minimum atomic E-state index is -2.00. The first-order valence-electron chi connectivity index (χ1n) is 11.4. The van der Waals surface area contributed by atoms with Crippen LogP contribution in [0.25, 0.3) is 0 Å². The molecule has 2 atom stereocenters. The van der Waals surface area contributed by atoms with E-state index < -0.39 is 8.38 Å². The highest BCUT2D eigenvalue weighted by Gasteiger charge is 2.27. The lowest BCUT2D eigenvalue weighted by Gasteiger charge is -2.24. The number of hydrogen-bond acceptors (Lipinski definition) is 5. The van der Waals surface area contributed by atoms with Crippen molar-refractivity contribution in [1.29, 1.82) is 0 Å². The standard InChI is InChI=1S/C21H28NO3PS.2C2H6/c1-3-4-10-17-14-27-20-11-16(13-26(23)24)19(25-2)12-18(20)21(22-17)15-8-6-5-7-9-15;2*1-2/h5-9,11-12,17,21-24H,3-4,10,13-14H2,1-2H3;2*1-2H3. The Kier molecular flexibility index (Phi) is 14.1. The molecule has 0 saturated carbocycles. The lowest BCUT2D eigenvalue weighted by atomic mass is 9.96. The summed E-state index contributed by atoms with van der Waals surface area (Å²) in [4.78, 5) is 20.2. The molecule has 0 radical (unpaired) electrons. The predicted octanol–water partition coefficient (Wildman–Crippen LogP) is 6.89. The molecule has 6 heteroatoms. The third-order valence-electron chi connectivity index (χ3n) is 4.92. The zero-order chi connectivity index (χ0) is 23.2. The van der Waals surface area contributed by atoms with Crippen molar-refractivity contribution in [2.24, 2.45) is 0 Å². The molecule has 1 heterocycles. The Morgan fingerprint density at radius 3 is 2.35 bits per heavy atom. The molecule has 1 aliphatic heterocycles. The van der Waals surface area contributed by atoms with E-state index in [0.717, 1.165) is 23.5 Å². The maximum Gasteiger partial charge on any atom is 0.169 e. The molecule has 31 heavy (non-hydrogen) atoms. The summed E-state index contributed by atoms with van der Waals surface area (Å²) in [7, 11) is -0.355. The second-order valence-corrected chi connectivity index (χ2v) is 9.02. The number of rotatable bonds is 7. The maximum atomic E-state index is 9.50. The number of ether oxygens (including phenoxy) is 1. The van der Waals surface area contributed by atoms with Gasteiger partial charge in [-0.05, 0) is 29.7 Å². The second kappa shape index (κ2) is 15.7. The van der Waals surface area contributed by atoms with Crippen molar-refractivity contribution in [2.75, 3.05) is 12.9 Å². The van der Waals surface area contributed by atoms with E-state index >= 15 is 0 Å². The highest BCUT2D eigenvalue weighted by Crippen LogP contribution is 2.42. The van der Waals surface area contributed by atoms with Gasteiger partial charge in [0.05, 0.1) is 13.2 Å². The quantitative estimate of drug-likeness (QED) is 0.389. The lowest BCUT2D eigenvalue weighted by Crippen LogP contribution is -2.34. The minimum absolute atomic E-state index is 0.103. The van der Waals surface area contributed by atoms with E-state index in [1.54, 1.807) is 7.11 Å². The Morgan fingerprint density at radius 1 is 1.10 bits per heavy atom. The van der Waals surface area contributed by atoms with Crippen LogP contribution in [0.15, 0.2) is 47.4 Å². The first-order valence-corrected chi connectivity index (χ1v) is 13.8. The summed E-state index contributed by atoms with van der Waals surface area (Å²) in [6, 6.07) is 15.2. The largest absolute Gasteiger partial charge is 0.496 e. The van der Waals surface area contributed by atoms with Crippen LogP contribution in [0.3, 0.4) is 0 Å². The number of thioether (sulfide) groups is 1. The van der Waals surface area contributed by atoms with Crippen molar-refractivity contribution in [2.45, 2.75) is 77.0 Å². The Labute approximate surface area is 194 Å². The highest BCUT2D eigenvalue weighted by molar-refractivity contribution is 7.99. The van der Waals surface area contributed by atoms with Gasteiger partial charge < -0.3 is 19.8 Å². The smallest absolute Gasteiger partial charge is 0.169 e. The molecule has 0 aliphatic carbocycles. The molecule has 0 aromatic heterocycles. The van der Waals surface area contributed by atoms with Gasteiger partial charge in [0, 0.05) is 28.4 Å². The van der Waals surface area contributed by atoms with Gasteiger partial charge in [0.2, 0.25) is 0 Å². The molecule has 3 rings (SSSR count). The molecular formula is C25H40NO3PS. The van der Waals surface area contributed by atoms with Crippen LogP contribution in [0.2, 0.25) is 0 Å². The van der Waals surface area contributed by atoms with E-state index in [0.29, 0.717) is 6.04 Å². The van der Waals surface area contributed by atoms with Crippen molar-refractivity contribution in [3.8, 4) is 5.75 Å². The zero-order valence-electron chi connectivity index (χ0n) is 19.9. The third-order valence-corrected chi connectivity index (χ3v) is 6.77. The SMILES string of the molecule is CC.CC.CCCCC1CSc2cc(CP(O)O)c(OC)cc2C(c2ccccc2)N1. The highest BCUT2D eigenvalue weighted by atomic mass is 32.2. The molecule has 0 bridgehead atoms. The fraction of sp³-hybridized carbons (Fsp3) is 0.520. The van der Waals surface area contributed by atoms with E-state index in [1.165, 1.54) is 28.9 Å². The minimum Gasteiger partial charge on any atom is -0.496 e. The van der Waals surface area contributed by atoms with Gasteiger partial charge in [-0.1, -0.05) is 77.8 Å². The van der Waals surface area contributed by atoms with Crippen LogP contribution in [0.5, 0.6) is 5.75 Å². The van der Waals surface area contributed by atoms with E-state index in [1.807, 2.05) is 45.5 Å². The summed E-state index contributed by atoms with van der Waals surface area (Å²) >= 11 is 1.85. The summed E-state index contributed by atoms with van der Waals surface area (Å²) in [5.74, 6) is 1.73. The van der Waals surface area contributed by atoms with Gasteiger partial charge in [0.25, 0.3) is 0 Å². The van der Waals surface area contributed by atoms with Crippen LogP contribution in [-0.4, -0.2) is 28.7 Å². The molecular weight excluding hydrogens is 425 g/mol. The normalized spacial score (nSPS) is 17.5. The van der Waals surface area contributed by atoms with Crippen LogP contribution in [0.1, 0.15) is 76.6 Å². The summed E-state index contributed by atoms with van der Waals surface area (Å²) < 4.78 is 5.58. The number of methoxy groups -OCH3 is 1. The fourth-order valence-electron chi connectivity index (χ4n) is 3.54. The topological polar surface area (TPSA) is 61.7 Å². The van der Waals surface area contributed by atoms with Crippen LogP contribution in [0.4, 0.5) is 0 Å². The van der Waals surface area contributed by atoms with E-state index in [2.05, 4.69) is 48.6 Å². The summed E-state index contributed by atoms with van der Waals surface area (Å²) in [5, 5.41) is 3.86. The molecule has 3 N–H and O–H groups in total. The van der Waals surface area contributed by atoms with Gasteiger partial charge in [0.15, 0.2) is 8.38 Å².